The van der Waals surface area contributed by atoms with Gasteiger partial charge in [0.15, 0.2) is 0 Å². The standard InChI is InChI=1S/C17H18OS/c1-2-18-14-13-17(15-9-5-3-6-10-15)19-16-11-7-4-8-12-16/h3-13H,2,14H2,1H3/b17-13-. The Balaban J connectivity index is 2.17. The van der Waals surface area contributed by atoms with E-state index in [0.717, 1.165) is 6.61 Å². The Kier molecular flexibility index (Phi) is 5.73. The highest BCUT2D eigenvalue weighted by molar-refractivity contribution is 8.08. The molecule has 0 radical (unpaired) electrons. The largest absolute Gasteiger partial charge is 0.378 e. The second kappa shape index (κ2) is 7.82. The lowest BCUT2D eigenvalue weighted by Gasteiger charge is -2.08. The van der Waals surface area contributed by atoms with Gasteiger partial charge in [-0.15, -0.1) is 0 Å². The quantitative estimate of drug-likeness (QED) is 0.548. The topological polar surface area (TPSA) is 9.23 Å². The molecule has 0 spiro atoms. The maximum absolute atomic E-state index is 5.43. The number of thioether (sulfide) groups is 1. The fourth-order valence-electron chi connectivity index (χ4n) is 1.69. The summed E-state index contributed by atoms with van der Waals surface area (Å²) >= 11 is 1.77. The fourth-order valence-corrected chi connectivity index (χ4v) is 2.64. The van der Waals surface area contributed by atoms with E-state index in [9.17, 15) is 0 Å². The first-order valence-corrected chi connectivity index (χ1v) is 7.28. The van der Waals surface area contributed by atoms with Crippen molar-refractivity contribution < 1.29 is 4.74 Å². The molecule has 2 rings (SSSR count). The highest BCUT2D eigenvalue weighted by Gasteiger charge is 2.03. The van der Waals surface area contributed by atoms with Crippen LogP contribution in [0.1, 0.15) is 12.5 Å². The fraction of sp³-hybridized carbons (Fsp3) is 0.176. The van der Waals surface area contributed by atoms with Crippen molar-refractivity contribution in [2.75, 3.05) is 13.2 Å². The molecule has 2 aromatic rings. The van der Waals surface area contributed by atoms with E-state index >= 15 is 0 Å². The Bertz CT molecular complexity index is 505. The molecule has 1 nitrogen and oxygen atoms in total. The SMILES string of the molecule is CCOC/C=C(\Sc1ccccc1)c1ccccc1. The molecule has 0 unspecified atom stereocenters. The normalized spacial score (nSPS) is 11.5. The Labute approximate surface area is 119 Å². The molecule has 0 saturated carbocycles. The summed E-state index contributed by atoms with van der Waals surface area (Å²) in [5, 5.41) is 0. The van der Waals surface area contributed by atoms with E-state index in [2.05, 4.69) is 54.6 Å². The average molecular weight is 270 g/mol. The minimum Gasteiger partial charge on any atom is -0.378 e. The Hall–Kier alpha value is -1.51. The molecule has 0 aliphatic carbocycles. The third-order valence-corrected chi connectivity index (χ3v) is 3.75. The molecule has 2 aromatic carbocycles. The van der Waals surface area contributed by atoms with Crippen molar-refractivity contribution in [3.05, 3.63) is 72.3 Å². The van der Waals surface area contributed by atoms with Crippen LogP contribution in [0.15, 0.2) is 71.6 Å². The third kappa shape index (κ3) is 4.58. The van der Waals surface area contributed by atoms with Gasteiger partial charge < -0.3 is 4.74 Å². The lowest BCUT2D eigenvalue weighted by molar-refractivity contribution is 0.178. The first kappa shape index (κ1) is 13.9. The molecule has 19 heavy (non-hydrogen) atoms. The molecule has 98 valence electrons. The Morgan fingerprint density at radius 2 is 1.63 bits per heavy atom. The van der Waals surface area contributed by atoms with Crippen molar-refractivity contribution in [2.45, 2.75) is 11.8 Å². The molecule has 0 saturated heterocycles. The molecule has 0 N–H and O–H groups in total. The van der Waals surface area contributed by atoms with E-state index in [1.807, 2.05) is 19.1 Å². The summed E-state index contributed by atoms with van der Waals surface area (Å²) < 4.78 is 5.43. The van der Waals surface area contributed by atoms with Crippen molar-refractivity contribution in [1.82, 2.24) is 0 Å². The van der Waals surface area contributed by atoms with Gasteiger partial charge in [-0.3, -0.25) is 0 Å². The minimum absolute atomic E-state index is 0.653. The van der Waals surface area contributed by atoms with Gasteiger partial charge >= 0.3 is 0 Å². The van der Waals surface area contributed by atoms with Crippen LogP contribution >= 0.6 is 11.8 Å². The summed E-state index contributed by atoms with van der Waals surface area (Å²) in [5.74, 6) is 0. The minimum atomic E-state index is 0.653. The predicted octanol–water partition coefficient (Wildman–Crippen LogP) is 4.86. The summed E-state index contributed by atoms with van der Waals surface area (Å²) in [5.41, 5.74) is 1.23. The molecule has 0 heterocycles. The average Bonchev–Trinajstić information content (AvgIpc) is 2.48. The highest BCUT2D eigenvalue weighted by Crippen LogP contribution is 2.33. The van der Waals surface area contributed by atoms with Gasteiger partial charge in [0.05, 0.1) is 6.61 Å². The molecule has 0 aliphatic heterocycles. The van der Waals surface area contributed by atoms with E-state index in [4.69, 9.17) is 4.74 Å². The summed E-state index contributed by atoms with van der Waals surface area (Å²) in [4.78, 5) is 2.48. The Morgan fingerprint density at radius 1 is 1.00 bits per heavy atom. The van der Waals surface area contributed by atoms with Crippen LogP contribution in [0.4, 0.5) is 0 Å². The summed E-state index contributed by atoms with van der Waals surface area (Å²) in [6.07, 6.45) is 2.15. The Morgan fingerprint density at radius 3 is 2.26 bits per heavy atom. The van der Waals surface area contributed by atoms with Gasteiger partial charge in [0.1, 0.15) is 0 Å². The van der Waals surface area contributed by atoms with E-state index in [0.29, 0.717) is 6.61 Å². The van der Waals surface area contributed by atoms with Crippen LogP contribution in [0.5, 0.6) is 0 Å². The van der Waals surface area contributed by atoms with Gasteiger partial charge in [0, 0.05) is 16.4 Å². The number of benzene rings is 2. The van der Waals surface area contributed by atoms with Crippen molar-refractivity contribution in [3.8, 4) is 0 Å². The third-order valence-electron chi connectivity index (χ3n) is 2.62. The first-order chi connectivity index (χ1) is 9.40. The zero-order valence-electron chi connectivity index (χ0n) is 11.1. The highest BCUT2D eigenvalue weighted by atomic mass is 32.2. The van der Waals surface area contributed by atoms with Gasteiger partial charge in [-0.2, -0.15) is 0 Å². The smallest absolute Gasteiger partial charge is 0.0661 e. The summed E-state index contributed by atoms with van der Waals surface area (Å²) in [6, 6.07) is 20.9. The van der Waals surface area contributed by atoms with E-state index < -0.39 is 0 Å². The van der Waals surface area contributed by atoms with Crippen LogP contribution in [0.25, 0.3) is 4.91 Å². The maximum Gasteiger partial charge on any atom is 0.0661 e. The van der Waals surface area contributed by atoms with E-state index in [1.54, 1.807) is 11.8 Å². The molecular weight excluding hydrogens is 252 g/mol. The van der Waals surface area contributed by atoms with Gasteiger partial charge in [-0.1, -0.05) is 60.3 Å². The van der Waals surface area contributed by atoms with Crippen LogP contribution in [-0.2, 0) is 4.74 Å². The number of hydrogen-bond donors (Lipinski definition) is 0. The van der Waals surface area contributed by atoms with E-state index in [-0.39, 0.29) is 0 Å². The molecule has 0 fully saturated rings. The number of ether oxygens (including phenoxy) is 1. The summed E-state index contributed by atoms with van der Waals surface area (Å²) in [7, 11) is 0. The lowest BCUT2D eigenvalue weighted by atomic mass is 10.2. The molecule has 0 aliphatic rings. The zero-order chi connectivity index (χ0) is 13.3. The molecule has 0 aromatic heterocycles. The van der Waals surface area contributed by atoms with Crippen molar-refractivity contribution in [1.29, 1.82) is 0 Å². The van der Waals surface area contributed by atoms with Gasteiger partial charge in [-0.25, -0.2) is 0 Å². The first-order valence-electron chi connectivity index (χ1n) is 6.46. The number of hydrogen-bond acceptors (Lipinski definition) is 2. The molecular formula is C17H18OS. The second-order valence-electron chi connectivity index (χ2n) is 4.01. The lowest BCUT2D eigenvalue weighted by Crippen LogP contribution is -1.90. The molecule has 0 amide bonds. The van der Waals surface area contributed by atoms with Crippen molar-refractivity contribution >= 4 is 16.7 Å². The second-order valence-corrected chi connectivity index (χ2v) is 5.12. The molecule has 0 bridgehead atoms. The van der Waals surface area contributed by atoms with E-state index in [1.165, 1.54) is 15.4 Å². The van der Waals surface area contributed by atoms with Crippen LogP contribution in [0, 0.1) is 0 Å². The monoisotopic (exact) mass is 270 g/mol. The molecule has 2 heteroatoms. The van der Waals surface area contributed by atoms with Crippen molar-refractivity contribution in [2.24, 2.45) is 0 Å². The van der Waals surface area contributed by atoms with Crippen LogP contribution in [-0.4, -0.2) is 13.2 Å². The van der Waals surface area contributed by atoms with Crippen LogP contribution < -0.4 is 0 Å². The van der Waals surface area contributed by atoms with Crippen LogP contribution in [0.2, 0.25) is 0 Å². The van der Waals surface area contributed by atoms with Gasteiger partial charge in [0.2, 0.25) is 0 Å². The van der Waals surface area contributed by atoms with Crippen molar-refractivity contribution in [3.63, 3.8) is 0 Å². The summed E-state index contributed by atoms with van der Waals surface area (Å²) in [6.45, 7) is 3.41. The zero-order valence-corrected chi connectivity index (χ0v) is 11.9. The molecule has 0 atom stereocenters. The van der Waals surface area contributed by atoms with Gasteiger partial charge in [0.25, 0.3) is 0 Å². The number of rotatable bonds is 6. The van der Waals surface area contributed by atoms with Crippen LogP contribution in [0.3, 0.4) is 0 Å². The maximum atomic E-state index is 5.43. The predicted molar refractivity (Wildman–Crippen MR) is 83.2 cm³/mol. The van der Waals surface area contributed by atoms with Gasteiger partial charge in [-0.05, 0) is 30.7 Å².